The minimum atomic E-state index is -0.229. The van der Waals surface area contributed by atoms with Gasteiger partial charge in [-0.15, -0.1) is 0 Å². The highest BCUT2D eigenvalue weighted by atomic mass is 16.5. The van der Waals surface area contributed by atoms with Gasteiger partial charge in [0.15, 0.2) is 0 Å². The van der Waals surface area contributed by atoms with Crippen LogP contribution >= 0.6 is 0 Å². The summed E-state index contributed by atoms with van der Waals surface area (Å²) in [5.41, 5.74) is 13.6. The van der Waals surface area contributed by atoms with Gasteiger partial charge in [0, 0.05) is 54.7 Å². The number of benzene rings is 2. The maximum absolute atomic E-state index is 13.0. The van der Waals surface area contributed by atoms with Gasteiger partial charge in [-0.3, -0.25) is 9.59 Å². The zero-order valence-corrected chi connectivity index (χ0v) is 23.4. The number of nitrogens with two attached hydrogens (primary N) is 1. The molecule has 2 aliphatic rings. The van der Waals surface area contributed by atoms with Crippen molar-refractivity contribution >= 4 is 34.4 Å². The molecule has 2 aromatic heterocycles. The SMILES string of the molecule is C=C(C)C(=O)Nc1ccc(-c2c(-c3ccc(C(=O)N4CCCC4)cc3)c3c(N)ncnc3n2C)c([C@@H]2CCCO2)c1. The van der Waals surface area contributed by atoms with Crippen molar-refractivity contribution in [3.63, 3.8) is 0 Å². The first kappa shape index (κ1) is 26.7. The summed E-state index contributed by atoms with van der Waals surface area (Å²) < 4.78 is 8.18. The average Bonchev–Trinajstić information content (AvgIpc) is 3.75. The highest BCUT2D eigenvalue weighted by Crippen LogP contribution is 2.45. The Balaban J connectivity index is 1.52. The van der Waals surface area contributed by atoms with E-state index in [1.165, 1.54) is 6.33 Å². The number of fused-ring (bicyclic) bond motifs is 1. The van der Waals surface area contributed by atoms with Crippen LogP contribution in [0.2, 0.25) is 0 Å². The van der Waals surface area contributed by atoms with Crippen LogP contribution in [-0.4, -0.2) is 50.9 Å². The number of nitrogen functional groups attached to an aromatic ring is 1. The lowest BCUT2D eigenvalue weighted by Gasteiger charge is -2.19. The fourth-order valence-corrected chi connectivity index (χ4v) is 5.94. The van der Waals surface area contributed by atoms with Crippen LogP contribution < -0.4 is 11.1 Å². The number of rotatable bonds is 6. The van der Waals surface area contributed by atoms with E-state index in [0.717, 1.165) is 72.1 Å². The Morgan fingerprint density at radius 2 is 1.83 bits per heavy atom. The number of anilines is 2. The quantitative estimate of drug-likeness (QED) is 0.307. The van der Waals surface area contributed by atoms with Crippen molar-refractivity contribution in [2.45, 2.75) is 38.7 Å². The number of aryl methyl sites for hydroxylation is 1. The molecule has 4 aromatic rings. The molecule has 210 valence electrons. The lowest BCUT2D eigenvalue weighted by atomic mass is 9.92. The lowest BCUT2D eigenvalue weighted by molar-refractivity contribution is -0.112. The van der Waals surface area contributed by atoms with E-state index in [4.69, 9.17) is 10.5 Å². The predicted octanol–water partition coefficient (Wildman–Crippen LogP) is 5.49. The van der Waals surface area contributed by atoms with E-state index in [2.05, 4.69) is 21.9 Å². The molecule has 0 saturated carbocycles. The van der Waals surface area contributed by atoms with Crippen LogP contribution in [0.15, 0.2) is 60.9 Å². The second-order valence-electron chi connectivity index (χ2n) is 10.9. The van der Waals surface area contributed by atoms with E-state index in [-0.39, 0.29) is 17.9 Å². The number of hydrogen-bond donors (Lipinski definition) is 2. The Morgan fingerprint density at radius 3 is 2.51 bits per heavy atom. The summed E-state index contributed by atoms with van der Waals surface area (Å²) in [7, 11) is 1.97. The summed E-state index contributed by atoms with van der Waals surface area (Å²) in [6, 6.07) is 13.6. The van der Waals surface area contributed by atoms with Crippen LogP contribution in [0.25, 0.3) is 33.4 Å². The van der Waals surface area contributed by atoms with Crippen molar-refractivity contribution in [3.05, 3.63) is 72.1 Å². The molecule has 4 heterocycles. The molecule has 3 N–H and O–H groups in total. The fourth-order valence-electron chi connectivity index (χ4n) is 5.94. The molecule has 0 spiro atoms. The smallest absolute Gasteiger partial charge is 0.253 e. The highest BCUT2D eigenvalue weighted by molar-refractivity contribution is 6.09. The minimum absolute atomic E-state index is 0.0584. The van der Waals surface area contributed by atoms with Crippen molar-refractivity contribution in [3.8, 4) is 22.4 Å². The average molecular weight is 551 g/mol. The minimum Gasteiger partial charge on any atom is -0.383 e. The van der Waals surface area contributed by atoms with E-state index in [1.807, 2.05) is 59.0 Å². The number of carbonyl (C=O) groups excluding carboxylic acids is 2. The third-order valence-electron chi connectivity index (χ3n) is 8.04. The maximum Gasteiger partial charge on any atom is 0.253 e. The Labute approximate surface area is 239 Å². The molecule has 0 bridgehead atoms. The van der Waals surface area contributed by atoms with Crippen LogP contribution in [0.3, 0.4) is 0 Å². The molecular formula is C32H34N6O3. The molecule has 0 unspecified atom stereocenters. The molecule has 41 heavy (non-hydrogen) atoms. The number of likely N-dealkylation sites (tertiary alicyclic amines) is 1. The molecule has 2 amide bonds. The number of ether oxygens (including phenoxy) is 1. The normalized spacial score (nSPS) is 16.8. The molecule has 2 saturated heterocycles. The zero-order chi connectivity index (χ0) is 28.7. The van der Waals surface area contributed by atoms with Crippen molar-refractivity contribution < 1.29 is 14.3 Å². The third-order valence-corrected chi connectivity index (χ3v) is 8.04. The van der Waals surface area contributed by atoms with Crippen LogP contribution in [0.1, 0.15) is 54.6 Å². The first-order chi connectivity index (χ1) is 19.8. The van der Waals surface area contributed by atoms with Crippen molar-refractivity contribution in [2.75, 3.05) is 30.7 Å². The molecule has 1 atom stereocenters. The van der Waals surface area contributed by atoms with Gasteiger partial charge in [-0.25, -0.2) is 9.97 Å². The number of nitrogens with zero attached hydrogens (tertiary/aromatic N) is 4. The van der Waals surface area contributed by atoms with Gasteiger partial charge in [0.2, 0.25) is 0 Å². The summed E-state index contributed by atoms with van der Waals surface area (Å²) in [5, 5.41) is 3.69. The van der Waals surface area contributed by atoms with Gasteiger partial charge in [0.25, 0.3) is 11.8 Å². The summed E-state index contributed by atoms with van der Waals surface area (Å²) in [5.74, 6) is 0.212. The Bertz CT molecular complexity index is 1660. The third kappa shape index (κ3) is 4.86. The predicted molar refractivity (Wildman–Crippen MR) is 160 cm³/mol. The molecular weight excluding hydrogens is 516 g/mol. The largest absolute Gasteiger partial charge is 0.383 e. The van der Waals surface area contributed by atoms with E-state index in [1.54, 1.807) is 6.92 Å². The van der Waals surface area contributed by atoms with Gasteiger partial charge >= 0.3 is 0 Å². The molecule has 9 nitrogen and oxygen atoms in total. The molecule has 2 aliphatic heterocycles. The summed E-state index contributed by atoms with van der Waals surface area (Å²) in [4.78, 5) is 36.2. The zero-order valence-electron chi connectivity index (χ0n) is 23.4. The Morgan fingerprint density at radius 1 is 1.07 bits per heavy atom. The number of aromatic nitrogens is 3. The number of amides is 2. The summed E-state index contributed by atoms with van der Waals surface area (Å²) in [6.07, 6.45) is 5.27. The topological polar surface area (TPSA) is 115 Å². The molecule has 0 aliphatic carbocycles. The second-order valence-corrected chi connectivity index (χ2v) is 10.9. The Kier molecular flexibility index (Phi) is 7.05. The standard InChI is InChI=1S/C32H34N6O3/c1-19(2)31(39)36-22-12-13-23(24(17-22)25-7-6-16-41-25)28-26(27-29(33)34-18-35-30(27)37(28)3)20-8-10-21(11-9-20)32(40)38-14-4-5-15-38/h8-13,17-18,25H,1,4-7,14-16H2,2-3H3,(H,36,39)(H2,33,34,35)/t25-/m0/s1. The second kappa shape index (κ2) is 10.8. The van der Waals surface area contributed by atoms with Crippen molar-refractivity contribution in [1.29, 1.82) is 0 Å². The van der Waals surface area contributed by atoms with Crippen LogP contribution in [0.5, 0.6) is 0 Å². The van der Waals surface area contributed by atoms with Crippen LogP contribution in [-0.2, 0) is 16.6 Å². The lowest BCUT2D eigenvalue weighted by Crippen LogP contribution is -2.27. The first-order valence-corrected chi connectivity index (χ1v) is 14.0. The summed E-state index contributed by atoms with van der Waals surface area (Å²) >= 11 is 0. The van der Waals surface area contributed by atoms with Gasteiger partial charge in [-0.2, -0.15) is 0 Å². The van der Waals surface area contributed by atoms with Crippen molar-refractivity contribution in [1.82, 2.24) is 19.4 Å². The van der Waals surface area contributed by atoms with Crippen LogP contribution in [0.4, 0.5) is 11.5 Å². The van der Waals surface area contributed by atoms with Gasteiger partial charge in [0.05, 0.1) is 17.2 Å². The Hall–Kier alpha value is -4.50. The van der Waals surface area contributed by atoms with Gasteiger partial charge in [-0.1, -0.05) is 24.8 Å². The van der Waals surface area contributed by atoms with Gasteiger partial charge in [-0.05, 0) is 68.0 Å². The van der Waals surface area contributed by atoms with Gasteiger partial charge in [0.1, 0.15) is 17.8 Å². The molecule has 2 aromatic carbocycles. The number of hydrogen-bond acceptors (Lipinski definition) is 6. The molecule has 0 radical (unpaired) electrons. The maximum atomic E-state index is 13.0. The van der Waals surface area contributed by atoms with E-state index in [0.29, 0.717) is 34.9 Å². The monoisotopic (exact) mass is 550 g/mol. The first-order valence-electron chi connectivity index (χ1n) is 14.0. The molecule has 2 fully saturated rings. The van der Waals surface area contributed by atoms with E-state index in [9.17, 15) is 9.59 Å². The van der Waals surface area contributed by atoms with Crippen molar-refractivity contribution in [2.24, 2.45) is 7.05 Å². The van der Waals surface area contributed by atoms with Gasteiger partial charge < -0.3 is 25.3 Å². The van der Waals surface area contributed by atoms with Crippen LogP contribution in [0, 0.1) is 0 Å². The fraction of sp³-hybridized carbons (Fsp3) is 0.312. The van der Waals surface area contributed by atoms with E-state index < -0.39 is 0 Å². The molecule has 6 rings (SSSR count). The highest BCUT2D eigenvalue weighted by Gasteiger charge is 2.28. The number of carbonyl (C=O) groups is 2. The summed E-state index contributed by atoms with van der Waals surface area (Å²) in [6.45, 7) is 7.72. The van der Waals surface area contributed by atoms with E-state index >= 15 is 0 Å². The number of nitrogens with one attached hydrogen (secondary N) is 1. The molecule has 9 heteroatoms.